The molecule has 0 aromatic carbocycles. The summed E-state index contributed by atoms with van der Waals surface area (Å²) in [4.78, 5) is 14.8. The number of rotatable bonds is 8. The van der Waals surface area contributed by atoms with Crippen LogP contribution >= 0.6 is 11.8 Å². The summed E-state index contributed by atoms with van der Waals surface area (Å²) < 4.78 is 5.04. The van der Waals surface area contributed by atoms with Crippen LogP contribution in [-0.4, -0.2) is 34.4 Å². The lowest BCUT2D eigenvalue weighted by atomic mass is 10.2. The molecule has 0 radical (unpaired) electrons. The van der Waals surface area contributed by atoms with Crippen LogP contribution in [0.4, 0.5) is 0 Å². The first kappa shape index (κ1) is 13.1. The fourth-order valence-corrected chi connectivity index (χ4v) is 1.96. The Morgan fingerprint density at radius 3 is 3.12 bits per heavy atom. The predicted octanol–water partition coefficient (Wildman–Crippen LogP) is 1.61. The molecule has 1 aromatic heterocycles. The molecule has 0 aliphatic carbocycles. The van der Waals surface area contributed by atoms with Gasteiger partial charge in [-0.3, -0.25) is 4.79 Å². The number of hydrogen-bond donors (Lipinski definition) is 2. The van der Waals surface area contributed by atoms with Crippen LogP contribution in [-0.2, 0) is 4.79 Å². The smallest absolute Gasteiger partial charge is 0.320 e. The van der Waals surface area contributed by atoms with E-state index in [0.717, 1.165) is 13.0 Å². The first-order valence-electron chi connectivity index (χ1n) is 5.22. The Labute approximate surface area is 98.6 Å². The van der Waals surface area contributed by atoms with E-state index in [2.05, 4.69) is 10.3 Å². The van der Waals surface area contributed by atoms with Crippen LogP contribution in [0.5, 0.6) is 0 Å². The number of carboxylic acids is 1. The van der Waals surface area contributed by atoms with Gasteiger partial charge in [0.1, 0.15) is 12.3 Å². The zero-order valence-electron chi connectivity index (χ0n) is 9.18. The molecule has 0 fully saturated rings. The van der Waals surface area contributed by atoms with Gasteiger partial charge in [-0.25, -0.2) is 4.98 Å². The Bertz CT molecular complexity index is 303. The number of carboxylic acid groups (broad SMARTS) is 1. The maximum Gasteiger partial charge on any atom is 0.320 e. The van der Waals surface area contributed by atoms with Gasteiger partial charge in [0, 0.05) is 5.75 Å². The van der Waals surface area contributed by atoms with Gasteiger partial charge in [0.25, 0.3) is 5.22 Å². The zero-order valence-corrected chi connectivity index (χ0v) is 10.00. The molecule has 0 saturated carbocycles. The highest BCUT2D eigenvalue weighted by Crippen LogP contribution is 2.16. The zero-order chi connectivity index (χ0) is 11.8. The molecule has 0 spiro atoms. The first-order chi connectivity index (χ1) is 7.74. The van der Waals surface area contributed by atoms with Crippen LogP contribution in [0.25, 0.3) is 0 Å². The van der Waals surface area contributed by atoms with Crippen molar-refractivity contribution in [2.24, 2.45) is 0 Å². The van der Waals surface area contributed by atoms with Gasteiger partial charge in [-0.1, -0.05) is 18.7 Å². The number of nitrogens with zero attached hydrogens (tertiary/aromatic N) is 1. The third-order valence-electron chi connectivity index (χ3n) is 1.98. The molecule has 0 bridgehead atoms. The van der Waals surface area contributed by atoms with Gasteiger partial charge in [-0.15, -0.1) is 0 Å². The van der Waals surface area contributed by atoms with Crippen LogP contribution < -0.4 is 5.32 Å². The van der Waals surface area contributed by atoms with E-state index in [9.17, 15) is 4.79 Å². The summed E-state index contributed by atoms with van der Waals surface area (Å²) in [6.45, 7) is 2.73. The van der Waals surface area contributed by atoms with Crippen molar-refractivity contribution in [2.75, 3.05) is 12.3 Å². The molecule has 2 N–H and O–H groups in total. The summed E-state index contributed by atoms with van der Waals surface area (Å²) >= 11 is 1.43. The number of oxazole rings is 1. The molecule has 90 valence electrons. The van der Waals surface area contributed by atoms with Crippen LogP contribution in [0.1, 0.15) is 19.8 Å². The molecule has 0 saturated heterocycles. The molecule has 16 heavy (non-hydrogen) atoms. The first-order valence-corrected chi connectivity index (χ1v) is 6.21. The van der Waals surface area contributed by atoms with Crippen LogP contribution in [0.15, 0.2) is 22.1 Å². The Morgan fingerprint density at radius 2 is 2.56 bits per heavy atom. The van der Waals surface area contributed by atoms with E-state index >= 15 is 0 Å². The molecule has 0 aliphatic heterocycles. The summed E-state index contributed by atoms with van der Waals surface area (Å²) in [5.74, 6) is -0.129. The van der Waals surface area contributed by atoms with E-state index in [4.69, 9.17) is 9.52 Å². The van der Waals surface area contributed by atoms with Crippen molar-refractivity contribution in [1.82, 2.24) is 10.3 Å². The molecule has 1 aromatic rings. The van der Waals surface area contributed by atoms with E-state index < -0.39 is 12.0 Å². The fourth-order valence-electron chi connectivity index (χ4n) is 1.18. The van der Waals surface area contributed by atoms with Gasteiger partial charge in [0.05, 0.1) is 6.20 Å². The molecular weight excluding hydrogens is 228 g/mol. The molecule has 5 nitrogen and oxygen atoms in total. The lowest BCUT2D eigenvalue weighted by molar-refractivity contribution is -0.139. The number of thioether (sulfide) groups is 1. The summed E-state index contributed by atoms with van der Waals surface area (Å²) in [5, 5.41) is 12.5. The number of nitrogens with one attached hydrogen (secondary N) is 1. The number of aromatic nitrogens is 1. The molecule has 1 atom stereocenters. The molecule has 0 aliphatic rings. The third-order valence-corrected chi connectivity index (χ3v) is 2.87. The normalized spacial score (nSPS) is 12.6. The van der Waals surface area contributed by atoms with Gasteiger partial charge in [-0.2, -0.15) is 0 Å². The Morgan fingerprint density at radius 1 is 1.75 bits per heavy atom. The highest BCUT2D eigenvalue weighted by Gasteiger charge is 2.16. The Balaban J connectivity index is 2.24. The third kappa shape index (κ3) is 4.67. The second kappa shape index (κ2) is 7.29. The average molecular weight is 244 g/mol. The largest absolute Gasteiger partial charge is 0.480 e. The van der Waals surface area contributed by atoms with Gasteiger partial charge < -0.3 is 14.8 Å². The lowest BCUT2D eigenvalue weighted by Crippen LogP contribution is -2.37. The monoisotopic (exact) mass is 244 g/mol. The van der Waals surface area contributed by atoms with Gasteiger partial charge >= 0.3 is 5.97 Å². The van der Waals surface area contributed by atoms with Crippen molar-refractivity contribution in [2.45, 2.75) is 31.0 Å². The second-order valence-corrected chi connectivity index (χ2v) is 4.33. The highest BCUT2D eigenvalue weighted by atomic mass is 32.2. The number of hydrogen-bond acceptors (Lipinski definition) is 5. The van der Waals surface area contributed by atoms with E-state index in [1.54, 1.807) is 6.20 Å². The fraction of sp³-hybridized carbons (Fsp3) is 0.600. The maximum absolute atomic E-state index is 10.9. The van der Waals surface area contributed by atoms with Gasteiger partial charge in [0.2, 0.25) is 0 Å². The van der Waals surface area contributed by atoms with Crippen molar-refractivity contribution >= 4 is 17.7 Å². The van der Waals surface area contributed by atoms with E-state index in [1.807, 2.05) is 6.92 Å². The molecule has 6 heteroatoms. The summed E-state index contributed by atoms with van der Waals surface area (Å²) in [7, 11) is 0. The van der Waals surface area contributed by atoms with Crippen molar-refractivity contribution < 1.29 is 14.3 Å². The topological polar surface area (TPSA) is 75.4 Å². The van der Waals surface area contributed by atoms with Crippen LogP contribution in [0, 0.1) is 0 Å². The highest BCUT2D eigenvalue weighted by molar-refractivity contribution is 7.99. The molecule has 0 amide bonds. The van der Waals surface area contributed by atoms with E-state index in [0.29, 0.717) is 17.4 Å². The average Bonchev–Trinajstić information content (AvgIpc) is 2.75. The molecule has 1 rings (SSSR count). The lowest BCUT2D eigenvalue weighted by Gasteiger charge is -2.12. The van der Waals surface area contributed by atoms with Crippen LogP contribution in [0.2, 0.25) is 0 Å². The minimum absolute atomic E-state index is 0.484. The minimum atomic E-state index is -0.804. The Kier molecular flexibility index (Phi) is 5.95. The summed E-state index contributed by atoms with van der Waals surface area (Å²) in [5.41, 5.74) is 0. The SMILES string of the molecule is CCCNC(CCSc1ncco1)C(=O)O. The Hall–Kier alpha value is -1.01. The van der Waals surface area contributed by atoms with E-state index in [1.165, 1.54) is 18.0 Å². The number of carbonyl (C=O) groups is 1. The second-order valence-electron chi connectivity index (χ2n) is 3.28. The van der Waals surface area contributed by atoms with Gasteiger partial charge in [-0.05, 0) is 19.4 Å². The molecular formula is C10H16N2O3S. The summed E-state index contributed by atoms with van der Waals surface area (Å²) in [6.07, 6.45) is 4.57. The van der Waals surface area contributed by atoms with E-state index in [-0.39, 0.29) is 0 Å². The standard InChI is InChI=1S/C10H16N2O3S/c1-2-4-11-8(9(13)14)3-7-16-10-12-5-6-15-10/h5-6,8,11H,2-4,7H2,1H3,(H,13,14). The van der Waals surface area contributed by atoms with Crippen molar-refractivity contribution in [3.63, 3.8) is 0 Å². The van der Waals surface area contributed by atoms with Crippen LogP contribution in [0.3, 0.4) is 0 Å². The molecule has 1 unspecified atom stereocenters. The van der Waals surface area contributed by atoms with Crippen molar-refractivity contribution in [1.29, 1.82) is 0 Å². The minimum Gasteiger partial charge on any atom is -0.480 e. The summed E-state index contributed by atoms with van der Waals surface area (Å²) in [6, 6.07) is -0.484. The van der Waals surface area contributed by atoms with Crippen molar-refractivity contribution in [3.8, 4) is 0 Å². The predicted molar refractivity (Wildman–Crippen MR) is 61.6 cm³/mol. The van der Waals surface area contributed by atoms with Crippen molar-refractivity contribution in [3.05, 3.63) is 12.5 Å². The number of aliphatic carboxylic acids is 1. The maximum atomic E-state index is 10.9. The quantitative estimate of drug-likeness (QED) is 0.677. The molecule has 1 heterocycles. The van der Waals surface area contributed by atoms with Gasteiger partial charge in [0.15, 0.2) is 0 Å².